The van der Waals surface area contributed by atoms with Crippen LogP contribution in [0.25, 0.3) is 0 Å². The van der Waals surface area contributed by atoms with E-state index in [-0.39, 0.29) is 12.1 Å². The molecule has 0 aliphatic rings. The monoisotopic (exact) mass is 290 g/mol. The second-order valence-electron chi connectivity index (χ2n) is 3.90. The molecule has 0 bridgehead atoms. The fourth-order valence-electron chi connectivity index (χ4n) is 1.56. The Kier molecular flexibility index (Phi) is 4.31. The van der Waals surface area contributed by atoms with Gasteiger partial charge in [-0.1, -0.05) is 23.9 Å². The van der Waals surface area contributed by atoms with Gasteiger partial charge in [-0.2, -0.15) is 0 Å². The van der Waals surface area contributed by atoms with E-state index in [2.05, 4.69) is 4.98 Å². The molecule has 0 aliphatic carbocycles. The van der Waals surface area contributed by atoms with Gasteiger partial charge in [0.15, 0.2) is 5.03 Å². The molecule has 1 aromatic carbocycles. The Hall–Kier alpha value is -2.41. The molecule has 0 saturated carbocycles. The standard InChI is InChI=1S/C13H10N2O4S/c16-12(17)8-9-3-5-10(6-4-9)20-13-11(15(18)19)2-1-7-14-13/h1-7H,8H2,(H,16,17). The highest BCUT2D eigenvalue weighted by molar-refractivity contribution is 7.99. The van der Waals surface area contributed by atoms with Crippen molar-refractivity contribution >= 4 is 23.4 Å². The van der Waals surface area contributed by atoms with Gasteiger partial charge in [-0.05, 0) is 23.8 Å². The molecule has 0 atom stereocenters. The van der Waals surface area contributed by atoms with E-state index >= 15 is 0 Å². The van der Waals surface area contributed by atoms with E-state index < -0.39 is 10.9 Å². The summed E-state index contributed by atoms with van der Waals surface area (Å²) in [7, 11) is 0. The minimum Gasteiger partial charge on any atom is -0.481 e. The molecule has 1 N–H and O–H groups in total. The molecular formula is C13H10N2O4S. The lowest BCUT2D eigenvalue weighted by Crippen LogP contribution is -1.99. The number of benzene rings is 1. The number of aliphatic carboxylic acids is 1. The Labute approximate surface area is 118 Å². The third kappa shape index (κ3) is 3.55. The van der Waals surface area contributed by atoms with E-state index in [1.54, 1.807) is 24.3 Å². The van der Waals surface area contributed by atoms with Crippen molar-refractivity contribution in [3.05, 3.63) is 58.3 Å². The first-order valence-electron chi connectivity index (χ1n) is 5.64. The fraction of sp³-hybridized carbons (Fsp3) is 0.0769. The Morgan fingerprint density at radius 1 is 1.30 bits per heavy atom. The molecule has 2 aromatic rings. The molecule has 0 radical (unpaired) electrons. The highest BCUT2D eigenvalue weighted by atomic mass is 32.2. The maximum absolute atomic E-state index is 10.9. The predicted octanol–water partition coefficient (Wildman–Crippen LogP) is 2.77. The lowest BCUT2D eigenvalue weighted by Gasteiger charge is -2.03. The van der Waals surface area contributed by atoms with Crippen molar-refractivity contribution in [3.63, 3.8) is 0 Å². The van der Waals surface area contributed by atoms with Crippen molar-refractivity contribution in [1.29, 1.82) is 0 Å². The minimum absolute atomic E-state index is 0.0469. The van der Waals surface area contributed by atoms with Crippen LogP contribution >= 0.6 is 11.8 Å². The number of carboxylic acid groups (broad SMARTS) is 1. The Balaban J connectivity index is 2.18. The van der Waals surface area contributed by atoms with Crippen LogP contribution in [0.15, 0.2) is 52.5 Å². The number of nitro groups is 1. The average molecular weight is 290 g/mol. The molecule has 0 saturated heterocycles. The van der Waals surface area contributed by atoms with Crippen molar-refractivity contribution in [2.75, 3.05) is 0 Å². The zero-order valence-corrected chi connectivity index (χ0v) is 11.0. The zero-order valence-electron chi connectivity index (χ0n) is 10.2. The number of hydrogen-bond acceptors (Lipinski definition) is 5. The van der Waals surface area contributed by atoms with Gasteiger partial charge in [0.2, 0.25) is 0 Å². The maximum Gasteiger partial charge on any atom is 0.307 e. The normalized spacial score (nSPS) is 10.2. The van der Waals surface area contributed by atoms with E-state index in [0.717, 1.165) is 4.90 Å². The summed E-state index contributed by atoms with van der Waals surface area (Å²) in [6, 6.07) is 9.73. The Morgan fingerprint density at radius 2 is 2.00 bits per heavy atom. The van der Waals surface area contributed by atoms with Gasteiger partial charge in [0.1, 0.15) is 0 Å². The van der Waals surface area contributed by atoms with E-state index in [1.165, 1.54) is 30.1 Å². The fourth-order valence-corrected chi connectivity index (χ4v) is 2.42. The molecule has 0 fully saturated rings. The van der Waals surface area contributed by atoms with Crippen LogP contribution in [0.2, 0.25) is 0 Å². The first-order valence-corrected chi connectivity index (χ1v) is 6.46. The lowest BCUT2D eigenvalue weighted by molar-refractivity contribution is -0.388. The topological polar surface area (TPSA) is 93.3 Å². The van der Waals surface area contributed by atoms with E-state index in [0.29, 0.717) is 10.6 Å². The summed E-state index contributed by atoms with van der Waals surface area (Å²) < 4.78 is 0. The van der Waals surface area contributed by atoms with Gasteiger partial charge >= 0.3 is 11.7 Å². The van der Waals surface area contributed by atoms with Crippen molar-refractivity contribution < 1.29 is 14.8 Å². The van der Waals surface area contributed by atoms with Crippen LogP contribution in [-0.4, -0.2) is 21.0 Å². The van der Waals surface area contributed by atoms with E-state index in [9.17, 15) is 14.9 Å². The second kappa shape index (κ2) is 6.16. The highest BCUT2D eigenvalue weighted by Crippen LogP contribution is 2.32. The third-order valence-electron chi connectivity index (χ3n) is 2.44. The molecular weight excluding hydrogens is 280 g/mol. The number of aromatic nitrogens is 1. The van der Waals surface area contributed by atoms with Crippen molar-refractivity contribution in [1.82, 2.24) is 4.98 Å². The van der Waals surface area contributed by atoms with E-state index in [1.807, 2.05) is 0 Å². The van der Waals surface area contributed by atoms with Gasteiger partial charge < -0.3 is 5.11 Å². The molecule has 0 unspecified atom stereocenters. The molecule has 0 aliphatic heterocycles. The number of carboxylic acids is 1. The summed E-state index contributed by atoms with van der Waals surface area (Å²) >= 11 is 1.17. The SMILES string of the molecule is O=C(O)Cc1ccc(Sc2ncccc2[N+](=O)[O-])cc1. The molecule has 7 heteroatoms. The summed E-state index contributed by atoms with van der Waals surface area (Å²) in [5.41, 5.74) is 0.629. The van der Waals surface area contributed by atoms with Gasteiger partial charge in [0.25, 0.3) is 0 Å². The highest BCUT2D eigenvalue weighted by Gasteiger charge is 2.15. The number of rotatable bonds is 5. The third-order valence-corrected chi connectivity index (χ3v) is 3.46. The maximum atomic E-state index is 10.9. The van der Waals surface area contributed by atoms with Crippen LogP contribution in [0.4, 0.5) is 5.69 Å². The quantitative estimate of drug-likeness (QED) is 0.672. The number of nitrogens with zero attached hydrogens (tertiary/aromatic N) is 2. The summed E-state index contributed by atoms with van der Waals surface area (Å²) in [6.45, 7) is 0. The first kappa shape index (κ1) is 14.0. The van der Waals surface area contributed by atoms with Crippen LogP contribution in [-0.2, 0) is 11.2 Å². The van der Waals surface area contributed by atoms with Gasteiger partial charge in [-0.25, -0.2) is 4.98 Å². The Bertz CT molecular complexity index is 643. The molecule has 20 heavy (non-hydrogen) atoms. The van der Waals surface area contributed by atoms with Crippen molar-refractivity contribution in [2.24, 2.45) is 0 Å². The molecule has 1 heterocycles. The van der Waals surface area contributed by atoms with Crippen molar-refractivity contribution in [2.45, 2.75) is 16.3 Å². The second-order valence-corrected chi connectivity index (χ2v) is 4.96. The average Bonchev–Trinajstić information content (AvgIpc) is 2.41. The number of hydrogen-bond donors (Lipinski definition) is 1. The van der Waals surface area contributed by atoms with Gasteiger partial charge in [0, 0.05) is 17.2 Å². The number of pyridine rings is 1. The molecule has 102 valence electrons. The lowest BCUT2D eigenvalue weighted by atomic mass is 10.2. The van der Waals surface area contributed by atoms with Gasteiger partial charge in [-0.15, -0.1) is 0 Å². The van der Waals surface area contributed by atoms with E-state index in [4.69, 9.17) is 5.11 Å². The largest absolute Gasteiger partial charge is 0.481 e. The zero-order chi connectivity index (χ0) is 14.5. The van der Waals surface area contributed by atoms with Gasteiger partial charge in [-0.3, -0.25) is 14.9 Å². The summed E-state index contributed by atoms with van der Waals surface area (Å²) in [6.07, 6.45) is 1.45. The summed E-state index contributed by atoms with van der Waals surface area (Å²) in [5.74, 6) is -0.897. The van der Waals surface area contributed by atoms with Gasteiger partial charge in [0.05, 0.1) is 11.3 Å². The minimum atomic E-state index is -0.897. The predicted molar refractivity (Wildman–Crippen MR) is 72.8 cm³/mol. The van der Waals surface area contributed by atoms with Crippen molar-refractivity contribution in [3.8, 4) is 0 Å². The summed E-state index contributed by atoms with van der Waals surface area (Å²) in [5, 5.41) is 19.9. The van der Waals surface area contributed by atoms with Crippen LogP contribution in [0.3, 0.4) is 0 Å². The molecule has 0 amide bonds. The number of carbonyl (C=O) groups is 1. The van der Waals surface area contributed by atoms with Crippen LogP contribution in [0.1, 0.15) is 5.56 Å². The molecule has 0 spiro atoms. The Morgan fingerprint density at radius 3 is 2.60 bits per heavy atom. The van der Waals surface area contributed by atoms with Crippen LogP contribution in [0, 0.1) is 10.1 Å². The first-order chi connectivity index (χ1) is 9.56. The molecule has 2 rings (SSSR count). The summed E-state index contributed by atoms with van der Waals surface area (Å²) in [4.78, 5) is 25.7. The molecule has 6 nitrogen and oxygen atoms in total. The smallest absolute Gasteiger partial charge is 0.307 e. The van der Waals surface area contributed by atoms with Crippen LogP contribution < -0.4 is 0 Å². The van der Waals surface area contributed by atoms with Crippen LogP contribution in [0.5, 0.6) is 0 Å². The molecule has 1 aromatic heterocycles.